The molecule has 2 fully saturated rings. The zero-order valence-corrected chi connectivity index (χ0v) is 5.84. The molecule has 2 rings (SSSR count). The largest absolute Gasteiger partial charge is 0.0644 e. The fraction of sp³-hybridized carbons (Fsp3) is 1.00. The lowest BCUT2D eigenvalue weighted by atomic mass is 10.9. The number of hydrogen-bond acceptors (Lipinski definition) is 0. The minimum absolute atomic E-state index is 0.739. The molecule has 34 valence electrons. The molecule has 0 radical (unpaired) electrons. The van der Waals surface area contributed by atoms with Gasteiger partial charge in [-0.15, -0.1) is 0 Å². The van der Waals surface area contributed by atoms with Crippen molar-refractivity contribution in [2.75, 3.05) is 0 Å². The molecule has 0 aromatic rings. The molecular formula is C4H8P2. The normalized spacial score (nSPS) is 73.0. The van der Waals surface area contributed by atoms with E-state index in [2.05, 4.69) is 13.8 Å². The minimum atomic E-state index is 0.739. The van der Waals surface area contributed by atoms with Crippen LogP contribution in [0.5, 0.6) is 0 Å². The van der Waals surface area contributed by atoms with Gasteiger partial charge in [-0.2, -0.15) is 0 Å². The van der Waals surface area contributed by atoms with Gasteiger partial charge in [0, 0.05) is 10.8 Å². The van der Waals surface area contributed by atoms with Crippen LogP contribution in [0.4, 0.5) is 0 Å². The van der Waals surface area contributed by atoms with Crippen molar-refractivity contribution in [1.82, 2.24) is 0 Å². The summed E-state index contributed by atoms with van der Waals surface area (Å²) >= 11 is 0. The molecule has 0 unspecified atom stereocenters. The van der Waals surface area contributed by atoms with Gasteiger partial charge < -0.3 is 0 Å². The second-order valence-corrected chi connectivity index (χ2v) is 10.2. The predicted molar refractivity (Wildman–Crippen MR) is 32.8 cm³/mol. The Balaban J connectivity index is 2.06. The fourth-order valence-corrected chi connectivity index (χ4v) is 10.7. The van der Waals surface area contributed by atoms with E-state index >= 15 is 0 Å². The van der Waals surface area contributed by atoms with Gasteiger partial charge in [0.15, 0.2) is 0 Å². The van der Waals surface area contributed by atoms with Crippen molar-refractivity contribution in [3.63, 3.8) is 0 Å². The molecule has 0 spiro atoms. The van der Waals surface area contributed by atoms with Crippen molar-refractivity contribution in [2.24, 2.45) is 0 Å². The quantitative estimate of drug-likeness (QED) is 0.429. The third kappa shape index (κ3) is 0.255. The maximum atomic E-state index is 2.41. The lowest BCUT2D eigenvalue weighted by Gasteiger charge is -1.93. The van der Waals surface area contributed by atoms with Crippen LogP contribution in [0, 0.1) is 0 Å². The molecule has 2 saturated heterocycles. The van der Waals surface area contributed by atoms with Crippen LogP contribution in [-0.4, -0.2) is 10.8 Å². The van der Waals surface area contributed by atoms with Crippen LogP contribution in [0.1, 0.15) is 13.8 Å². The van der Waals surface area contributed by atoms with E-state index in [0.717, 1.165) is 15.2 Å². The third-order valence-corrected chi connectivity index (χ3v) is 11.6. The van der Waals surface area contributed by atoms with Crippen LogP contribution >= 0.6 is 15.2 Å². The van der Waals surface area contributed by atoms with Gasteiger partial charge in [-0.1, -0.05) is 29.1 Å². The highest BCUT2D eigenvalue weighted by Crippen LogP contribution is 3.17. The smallest absolute Gasteiger partial charge is 0.00553 e. The van der Waals surface area contributed by atoms with E-state index in [1.807, 2.05) is 0 Å². The average Bonchev–Trinajstić information content (AvgIpc) is 2.28. The van der Waals surface area contributed by atoms with Crippen molar-refractivity contribution < 1.29 is 0 Å². The van der Waals surface area contributed by atoms with Crippen LogP contribution in [0.3, 0.4) is 0 Å². The van der Waals surface area contributed by atoms with E-state index < -0.39 is 0 Å². The summed E-state index contributed by atoms with van der Waals surface area (Å²) in [6, 6.07) is 0. The van der Waals surface area contributed by atoms with Gasteiger partial charge in [-0.05, 0) is 0 Å². The fourth-order valence-electron chi connectivity index (χ4n) is 1.15. The zero-order chi connectivity index (χ0) is 4.31. The summed E-state index contributed by atoms with van der Waals surface area (Å²) in [5, 5.41) is 2.51. The van der Waals surface area contributed by atoms with Crippen LogP contribution in [0.25, 0.3) is 0 Å². The second-order valence-electron chi connectivity index (χ2n) is 2.02. The summed E-state index contributed by atoms with van der Waals surface area (Å²) < 4.78 is 0. The van der Waals surface area contributed by atoms with E-state index in [4.69, 9.17) is 0 Å². The molecule has 0 aromatic heterocycles. The Kier molecular flexibility index (Phi) is 0.532. The Morgan fingerprint density at radius 1 is 1.00 bits per heavy atom. The molecule has 6 heavy (non-hydrogen) atoms. The molecule has 2 heterocycles. The summed E-state index contributed by atoms with van der Waals surface area (Å²) in [6.45, 7) is 4.83. The Morgan fingerprint density at radius 3 is 1.33 bits per heavy atom. The molecule has 0 aromatic carbocycles. The van der Waals surface area contributed by atoms with Gasteiger partial charge in [0.2, 0.25) is 0 Å². The Morgan fingerprint density at radius 2 is 1.33 bits per heavy atom. The highest BCUT2D eigenvalue weighted by molar-refractivity contribution is 8.62. The van der Waals surface area contributed by atoms with E-state index in [9.17, 15) is 0 Å². The lowest BCUT2D eigenvalue weighted by molar-refractivity contribution is 1.30. The number of fused-ring (bicyclic) bond motifs is 1. The third-order valence-electron chi connectivity index (χ3n) is 1.69. The van der Waals surface area contributed by atoms with Crippen LogP contribution in [0.15, 0.2) is 0 Å². The lowest BCUT2D eigenvalue weighted by Crippen LogP contribution is -1.81. The van der Waals surface area contributed by atoms with Gasteiger partial charge in [-0.3, -0.25) is 0 Å². The van der Waals surface area contributed by atoms with E-state index in [0.29, 0.717) is 0 Å². The number of rotatable bonds is 0. The Labute approximate surface area is 40.7 Å². The van der Waals surface area contributed by atoms with Gasteiger partial charge in [0.05, 0.1) is 0 Å². The minimum Gasteiger partial charge on any atom is -0.0644 e. The van der Waals surface area contributed by atoms with E-state index in [-0.39, 0.29) is 0 Å². The summed E-state index contributed by atoms with van der Waals surface area (Å²) in [4.78, 5) is 0. The molecule has 0 nitrogen and oxygen atoms in total. The Bertz CT molecular complexity index is 71.5. The van der Waals surface area contributed by atoms with Crippen molar-refractivity contribution in [3.8, 4) is 0 Å². The SMILES string of the molecule is CC1P2C(C)P12. The van der Waals surface area contributed by atoms with Gasteiger partial charge >= 0.3 is 0 Å². The zero-order valence-electron chi connectivity index (χ0n) is 4.05. The van der Waals surface area contributed by atoms with Crippen molar-refractivity contribution in [2.45, 2.75) is 24.6 Å². The first kappa shape index (κ1) is 3.81. The molecule has 2 aliphatic rings. The first-order valence-corrected chi connectivity index (χ1v) is 6.05. The monoisotopic (exact) mass is 118 g/mol. The molecule has 0 N–H and O–H groups in total. The first-order chi connectivity index (χ1) is 2.82. The summed E-state index contributed by atoms with van der Waals surface area (Å²) in [5.41, 5.74) is 0. The second kappa shape index (κ2) is 0.837. The van der Waals surface area contributed by atoms with Crippen LogP contribution in [-0.2, 0) is 0 Å². The summed E-state index contributed by atoms with van der Waals surface area (Å²) in [5.74, 6) is 0. The maximum Gasteiger partial charge on any atom is 0.00553 e. The molecule has 2 aliphatic heterocycles. The van der Waals surface area contributed by atoms with Crippen molar-refractivity contribution in [3.05, 3.63) is 0 Å². The first-order valence-electron chi connectivity index (χ1n) is 2.39. The standard InChI is InChI=1S/C4H8P2/c1-3-5-4(2)6(3)5/h3-4H,1-2H3. The highest BCUT2D eigenvalue weighted by Gasteiger charge is 2.68. The van der Waals surface area contributed by atoms with E-state index in [1.54, 1.807) is 0 Å². The summed E-state index contributed by atoms with van der Waals surface area (Å²) in [6.07, 6.45) is 0. The predicted octanol–water partition coefficient (Wildman–Crippen LogP) is 2.58. The molecule has 0 atom stereocenters. The van der Waals surface area contributed by atoms with Crippen LogP contribution in [0.2, 0.25) is 0 Å². The number of hydrogen-bond donors (Lipinski definition) is 0. The van der Waals surface area contributed by atoms with E-state index in [1.165, 1.54) is 10.8 Å². The van der Waals surface area contributed by atoms with Crippen molar-refractivity contribution >= 4 is 15.2 Å². The Hall–Kier alpha value is 0.860. The van der Waals surface area contributed by atoms with Gasteiger partial charge in [0.25, 0.3) is 0 Å². The van der Waals surface area contributed by atoms with Gasteiger partial charge in [-0.25, -0.2) is 0 Å². The molecule has 0 saturated carbocycles. The highest BCUT2D eigenvalue weighted by atomic mass is 32.2. The van der Waals surface area contributed by atoms with Gasteiger partial charge in [0.1, 0.15) is 0 Å². The molecular weight excluding hydrogens is 110 g/mol. The summed E-state index contributed by atoms with van der Waals surface area (Å²) in [7, 11) is 1.48. The topological polar surface area (TPSA) is 0 Å². The molecule has 0 aliphatic carbocycles. The molecule has 2 heteroatoms. The van der Waals surface area contributed by atoms with Crippen LogP contribution < -0.4 is 0 Å². The molecule has 0 bridgehead atoms. The molecule has 0 amide bonds. The average molecular weight is 118 g/mol. The van der Waals surface area contributed by atoms with Crippen molar-refractivity contribution in [1.29, 1.82) is 0 Å². The maximum absolute atomic E-state index is 2.41.